The van der Waals surface area contributed by atoms with Crippen LogP contribution in [0.5, 0.6) is 0 Å². The van der Waals surface area contributed by atoms with E-state index >= 15 is 0 Å². The summed E-state index contributed by atoms with van der Waals surface area (Å²) in [5.41, 5.74) is 6.03. The van der Waals surface area contributed by atoms with Crippen molar-refractivity contribution in [2.75, 3.05) is 26.2 Å². The number of nitrogens with zero attached hydrogens (tertiary/aromatic N) is 1. The maximum atomic E-state index is 12.5. The summed E-state index contributed by atoms with van der Waals surface area (Å²) < 4.78 is 0. The molecule has 1 fully saturated rings. The number of hydrogen-bond donors (Lipinski definition) is 1. The van der Waals surface area contributed by atoms with Crippen LogP contribution >= 0.6 is 0 Å². The summed E-state index contributed by atoms with van der Waals surface area (Å²) in [5, 5.41) is 3.09. The van der Waals surface area contributed by atoms with Crippen molar-refractivity contribution < 1.29 is 4.79 Å². The third kappa shape index (κ3) is 5.70. The van der Waals surface area contributed by atoms with Gasteiger partial charge in [0.2, 0.25) is 0 Å². The standard InChI is InChI=1S/C27H32N2O/c30-27(26-15-13-25(14-16-26)24-9-2-1-3-10-24)28-18-17-22-7-6-8-23(12-11-22)21-29-19-4-5-20-29/h1-3,9-16H,4-8,17-21H2,(H,28,30). The molecule has 0 spiro atoms. The minimum absolute atomic E-state index is 0.00842. The zero-order valence-corrected chi connectivity index (χ0v) is 17.8. The minimum atomic E-state index is 0.00842. The fraction of sp³-hybridized carbons (Fsp3) is 0.370. The molecule has 0 unspecified atom stereocenters. The van der Waals surface area contributed by atoms with Crippen molar-refractivity contribution in [2.45, 2.75) is 38.5 Å². The van der Waals surface area contributed by atoms with Crippen molar-refractivity contribution >= 4 is 5.91 Å². The van der Waals surface area contributed by atoms with Gasteiger partial charge in [-0.25, -0.2) is 0 Å². The summed E-state index contributed by atoms with van der Waals surface area (Å²) in [6, 6.07) is 18.1. The Morgan fingerprint density at radius 1 is 0.800 bits per heavy atom. The summed E-state index contributed by atoms with van der Waals surface area (Å²) in [6.07, 6.45) is 11.8. The van der Waals surface area contributed by atoms with Gasteiger partial charge in [0.25, 0.3) is 5.91 Å². The van der Waals surface area contributed by atoms with Crippen molar-refractivity contribution in [3.63, 3.8) is 0 Å². The lowest BCUT2D eigenvalue weighted by atomic mass is 10.0. The van der Waals surface area contributed by atoms with Gasteiger partial charge in [-0.2, -0.15) is 0 Å². The third-order valence-corrected chi connectivity index (χ3v) is 6.16. The Labute approximate surface area is 180 Å². The normalized spacial score (nSPS) is 17.2. The van der Waals surface area contributed by atoms with E-state index in [2.05, 4.69) is 34.5 Å². The maximum absolute atomic E-state index is 12.5. The topological polar surface area (TPSA) is 32.3 Å². The number of amides is 1. The van der Waals surface area contributed by atoms with Crippen LogP contribution in [0.4, 0.5) is 0 Å². The first-order valence-corrected chi connectivity index (χ1v) is 11.3. The zero-order chi connectivity index (χ0) is 20.6. The maximum Gasteiger partial charge on any atom is 0.251 e. The molecule has 0 aromatic heterocycles. The molecule has 3 nitrogen and oxygen atoms in total. The molecular weight excluding hydrogens is 368 g/mol. The summed E-state index contributed by atoms with van der Waals surface area (Å²) in [5.74, 6) is 0.00842. The first-order chi connectivity index (χ1) is 14.8. The van der Waals surface area contributed by atoms with E-state index in [1.54, 1.807) is 5.57 Å². The smallest absolute Gasteiger partial charge is 0.251 e. The van der Waals surface area contributed by atoms with Crippen LogP contribution in [0.3, 0.4) is 0 Å². The zero-order valence-electron chi connectivity index (χ0n) is 17.8. The van der Waals surface area contributed by atoms with Crippen molar-refractivity contribution in [1.82, 2.24) is 10.2 Å². The van der Waals surface area contributed by atoms with Gasteiger partial charge < -0.3 is 5.32 Å². The molecule has 1 aliphatic carbocycles. The van der Waals surface area contributed by atoms with Crippen LogP contribution in [-0.4, -0.2) is 37.0 Å². The van der Waals surface area contributed by atoms with Crippen LogP contribution in [0.15, 0.2) is 77.9 Å². The number of likely N-dealkylation sites (tertiary alicyclic amines) is 1. The molecule has 30 heavy (non-hydrogen) atoms. The van der Waals surface area contributed by atoms with E-state index < -0.39 is 0 Å². The second-order valence-electron chi connectivity index (χ2n) is 8.44. The highest BCUT2D eigenvalue weighted by Crippen LogP contribution is 2.22. The SMILES string of the molecule is O=C(NCCC1=CC=C(CN2CCCC2)CCC1)c1ccc(-c2ccccc2)cc1. The van der Waals surface area contributed by atoms with Gasteiger partial charge in [-0.15, -0.1) is 0 Å². The Morgan fingerprint density at radius 2 is 1.47 bits per heavy atom. The summed E-state index contributed by atoms with van der Waals surface area (Å²) in [7, 11) is 0. The highest BCUT2D eigenvalue weighted by Gasteiger charge is 2.14. The van der Waals surface area contributed by atoms with E-state index in [4.69, 9.17) is 0 Å². The van der Waals surface area contributed by atoms with E-state index in [-0.39, 0.29) is 5.91 Å². The molecule has 156 valence electrons. The van der Waals surface area contributed by atoms with Gasteiger partial charge in [-0.3, -0.25) is 9.69 Å². The molecule has 0 atom stereocenters. The number of nitrogens with one attached hydrogen (secondary N) is 1. The Balaban J connectivity index is 1.26. The summed E-state index contributed by atoms with van der Waals surface area (Å²) in [6.45, 7) is 4.35. The average molecular weight is 401 g/mol. The Kier molecular flexibility index (Phi) is 7.15. The number of benzene rings is 2. The van der Waals surface area contributed by atoms with Crippen LogP contribution < -0.4 is 5.32 Å². The predicted octanol–water partition coefficient (Wildman–Crippen LogP) is 5.61. The lowest BCUT2D eigenvalue weighted by Crippen LogP contribution is -2.24. The molecule has 1 aliphatic heterocycles. The van der Waals surface area contributed by atoms with E-state index in [0.717, 1.165) is 30.5 Å². The van der Waals surface area contributed by atoms with Gasteiger partial charge in [0.15, 0.2) is 0 Å². The molecule has 0 bridgehead atoms. The monoisotopic (exact) mass is 400 g/mol. The number of carbonyl (C=O) groups excluding carboxylic acids is 1. The van der Waals surface area contributed by atoms with Gasteiger partial charge in [-0.1, -0.05) is 65.8 Å². The molecule has 0 radical (unpaired) electrons. The largest absolute Gasteiger partial charge is 0.352 e. The van der Waals surface area contributed by atoms with Gasteiger partial charge in [0.05, 0.1) is 0 Å². The minimum Gasteiger partial charge on any atom is -0.352 e. The predicted molar refractivity (Wildman–Crippen MR) is 125 cm³/mol. The van der Waals surface area contributed by atoms with Crippen molar-refractivity contribution in [3.05, 3.63) is 83.5 Å². The highest BCUT2D eigenvalue weighted by molar-refractivity contribution is 5.94. The molecule has 1 heterocycles. The van der Waals surface area contributed by atoms with Crippen LogP contribution in [-0.2, 0) is 0 Å². The first kappa shape index (κ1) is 20.6. The van der Waals surface area contributed by atoms with Crippen molar-refractivity contribution in [1.29, 1.82) is 0 Å². The fourth-order valence-corrected chi connectivity index (χ4v) is 4.40. The molecule has 1 saturated heterocycles. The molecule has 0 saturated carbocycles. The molecule has 2 aromatic carbocycles. The Bertz CT molecular complexity index is 890. The van der Waals surface area contributed by atoms with E-state index in [9.17, 15) is 4.79 Å². The first-order valence-electron chi connectivity index (χ1n) is 11.3. The number of rotatable bonds is 7. The quantitative estimate of drug-likeness (QED) is 0.655. The Morgan fingerprint density at radius 3 is 2.23 bits per heavy atom. The van der Waals surface area contributed by atoms with Gasteiger partial charge >= 0.3 is 0 Å². The van der Waals surface area contributed by atoms with Gasteiger partial charge in [0, 0.05) is 18.7 Å². The summed E-state index contributed by atoms with van der Waals surface area (Å²) >= 11 is 0. The number of allylic oxidation sites excluding steroid dienone is 2. The fourth-order valence-electron chi connectivity index (χ4n) is 4.40. The lowest BCUT2D eigenvalue weighted by molar-refractivity contribution is 0.0954. The van der Waals surface area contributed by atoms with E-state index in [1.165, 1.54) is 49.9 Å². The highest BCUT2D eigenvalue weighted by atomic mass is 16.1. The second-order valence-corrected chi connectivity index (χ2v) is 8.44. The van der Waals surface area contributed by atoms with Crippen LogP contribution in [0.25, 0.3) is 11.1 Å². The van der Waals surface area contributed by atoms with Gasteiger partial charge in [-0.05, 0) is 74.9 Å². The number of hydrogen-bond acceptors (Lipinski definition) is 2. The van der Waals surface area contributed by atoms with Crippen molar-refractivity contribution in [2.24, 2.45) is 0 Å². The molecule has 1 amide bonds. The van der Waals surface area contributed by atoms with Gasteiger partial charge in [0.1, 0.15) is 0 Å². The second kappa shape index (κ2) is 10.4. The molecule has 1 N–H and O–H groups in total. The van der Waals surface area contributed by atoms with Crippen LogP contribution in [0.1, 0.15) is 48.9 Å². The molecule has 2 aromatic rings. The summed E-state index contributed by atoms with van der Waals surface area (Å²) in [4.78, 5) is 15.1. The van der Waals surface area contributed by atoms with Crippen LogP contribution in [0.2, 0.25) is 0 Å². The molecule has 3 heteroatoms. The lowest BCUT2D eigenvalue weighted by Gasteiger charge is -2.16. The van der Waals surface area contributed by atoms with Crippen molar-refractivity contribution in [3.8, 4) is 11.1 Å². The van der Waals surface area contributed by atoms with Crippen LogP contribution in [0, 0.1) is 0 Å². The average Bonchev–Trinajstić information content (AvgIpc) is 3.20. The molecule has 4 rings (SSSR count). The Hall–Kier alpha value is -2.65. The van der Waals surface area contributed by atoms with E-state index in [0.29, 0.717) is 6.54 Å². The third-order valence-electron chi connectivity index (χ3n) is 6.16. The molecular formula is C27H32N2O. The number of carbonyl (C=O) groups is 1. The van der Waals surface area contributed by atoms with E-state index in [1.807, 2.05) is 42.5 Å². The molecule has 2 aliphatic rings.